The molecule has 0 spiro atoms. The predicted molar refractivity (Wildman–Crippen MR) is 400 cm³/mol. The van der Waals surface area contributed by atoms with Gasteiger partial charge in [-0.1, -0.05) is 133 Å². The first-order valence-corrected chi connectivity index (χ1v) is 32.7. The molecule has 16 aromatic rings. The largest absolute Gasteiger partial charge is 0.309 e. The minimum Gasteiger partial charge on any atom is -0.309 e. The molecule has 474 valence electrons. The van der Waals surface area contributed by atoms with E-state index in [1.165, 1.54) is 0 Å². The van der Waals surface area contributed by atoms with Gasteiger partial charge in [0.05, 0.1) is 138 Å². The first kappa shape index (κ1) is 62.7. The molecular weight excluding hydrogens is 1280 g/mol. The summed E-state index contributed by atoms with van der Waals surface area (Å²) in [5.74, 6) is 1.30. The van der Waals surface area contributed by atoms with Crippen LogP contribution in [0, 0.1) is 102 Å². The maximum Gasteiger partial charge on any atom is 0.164 e. The van der Waals surface area contributed by atoms with Gasteiger partial charge in [0.2, 0.25) is 0 Å². The smallest absolute Gasteiger partial charge is 0.164 e. The minimum atomic E-state index is 0.316. The van der Waals surface area contributed by atoms with Gasteiger partial charge in [0.1, 0.15) is 0 Å². The minimum absolute atomic E-state index is 0.316. The van der Waals surface area contributed by atoms with E-state index in [0.717, 1.165) is 82.6 Å². The van der Waals surface area contributed by atoms with Gasteiger partial charge in [0.25, 0.3) is 0 Å². The van der Waals surface area contributed by atoms with E-state index in [0.29, 0.717) is 123 Å². The van der Waals surface area contributed by atoms with E-state index in [1.807, 2.05) is 164 Å². The van der Waals surface area contributed by atoms with Gasteiger partial charge in [-0.2, -0.15) is 47.4 Å². The predicted octanol–water partition coefficient (Wildman–Crippen LogP) is 19.9. The Morgan fingerprint density at radius 3 is 0.894 bits per heavy atom. The van der Waals surface area contributed by atoms with Gasteiger partial charge < -0.3 is 9.13 Å². The molecule has 0 bridgehead atoms. The van der Waals surface area contributed by atoms with Crippen LogP contribution in [0.3, 0.4) is 0 Å². The summed E-state index contributed by atoms with van der Waals surface area (Å²) in [5.41, 5.74) is 18.1. The van der Waals surface area contributed by atoms with Crippen LogP contribution in [-0.2, 0) is 0 Å². The van der Waals surface area contributed by atoms with Crippen molar-refractivity contribution in [3.8, 4) is 167 Å². The maximum atomic E-state index is 10.6. The SMILES string of the molecule is N#Cc1cccc(-c2ccc(-c3cc(-c4nc(-c5ccccc5)nc(-c5ccccc5)n4)ccc3-n3c4ccc(-c5ccc(C#N)cc5C#N)cc4c4cc(-c5ccc(C#N)cc5C#N)ccc43)c(-n3c4ccc(-c5ccc(C#N)cc5C#N)cc4c4cc(-c5ccc(C#N)cc5C#N)ccc43)c2)c1. The van der Waals surface area contributed by atoms with Crippen LogP contribution in [0.5, 0.6) is 0 Å². The Balaban J connectivity index is 1.04. The highest BCUT2D eigenvalue weighted by atomic mass is 15.0. The molecule has 0 aliphatic heterocycles. The third-order valence-electron chi connectivity index (χ3n) is 18.9. The number of nitriles is 9. The van der Waals surface area contributed by atoms with Crippen LogP contribution in [0.4, 0.5) is 0 Å². The summed E-state index contributed by atoms with van der Waals surface area (Å²) in [6.45, 7) is 0. The number of hydrogen-bond acceptors (Lipinski definition) is 12. The van der Waals surface area contributed by atoms with E-state index in [-0.39, 0.29) is 0 Å². The second-order valence-corrected chi connectivity index (χ2v) is 24.7. The normalized spacial score (nSPS) is 10.8. The van der Waals surface area contributed by atoms with E-state index in [4.69, 9.17) is 15.0 Å². The average molecular weight is 1320 g/mol. The molecule has 0 saturated carbocycles. The van der Waals surface area contributed by atoms with Crippen LogP contribution in [0.15, 0.2) is 267 Å². The van der Waals surface area contributed by atoms with Crippen LogP contribution < -0.4 is 0 Å². The van der Waals surface area contributed by atoms with E-state index in [2.05, 4.69) is 88.0 Å². The standard InChI is InChI=1S/C90H44N14/c91-45-54-8-7-13-61(34-54)62-18-28-76(87(44-62)104-85-31-21-65(74-26-16-57(48-94)37-70(74)52-98)41-80(85)81-42-66(22-32-86(81)104)75-27-17-58(49-95)38-71(75)53-99)77-43-67(90-101-88(59-9-3-1-4-10-59)100-89(102-90)60-11-5-2-6-12-60)23-33-82(77)103-83-29-19-63(72-24-14-55(46-92)35-68(72)50-96)39-78(83)79-40-64(20-30-84(79)103)73-25-15-56(47-93)36-69(73)51-97/h1-44H. The zero-order valence-electron chi connectivity index (χ0n) is 54.7. The van der Waals surface area contributed by atoms with E-state index in [1.54, 1.807) is 78.9 Å². The van der Waals surface area contributed by atoms with Gasteiger partial charge in [-0.3, -0.25) is 0 Å². The second-order valence-electron chi connectivity index (χ2n) is 24.7. The zero-order valence-corrected chi connectivity index (χ0v) is 54.7. The van der Waals surface area contributed by atoms with E-state index in [9.17, 15) is 47.4 Å². The summed E-state index contributed by atoms with van der Waals surface area (Å²) in [6, 6.07) is 104. The van der Waals surface area contributed by atoms with Crippen molar-refractivity contribution >= 4 is 43.6 Å². The van der Waals surface area contributed by atoms with Crippen molar-refractivity contribution in [1.29, 1.82) is 47.4 Å². The highest BCUT2D eigenvalue weighted by molar-refractivity contribution is 6.14. The fraction of sp³-hybridized carbons (Fsp3) is 0. The lowest BCUT2D eigenvalue weighted by Gasteiger charge is -2.21. The molecule has 0 fully saturated rings. The molecule has 0 aliphatic carbocycles. The summed E-state index contributed by atoms with van der Waals surface area (Å²) < 4.78 is 4.41. The Morgan fingerprint density at radius 2 is 0.519 bits per heavy atom. The summed E-state index contributed by atoms with van der Waals surface area (Å²) in [6.07, 6.45) is 0. The van der Waals surface area contributed by atoms with Gasteiger partial charge in [0, 0.05) is 49.4 Å². The molecule has 0 saturated heterocycles. The van der Waals surface area contributed by atoms with Gasteiger partial charge in [0.15, 0.2) is 17.5 Å². The molecule has 0 radical (unpaired) electrons. The highest BCUT2D eigenvalue weighted by Crippen LogP contribution is 2.47. The number of rotatable bonds is 11. The van der Waals surface area contributed by atoms with Crippen molar-refractivity contribution in [2.75, 3.05) is 0 Å². The van der Waals surface area contributed by atoms with Crippen molar-refractivity contribution in [1.82, 2.24) is 24.1 Å². The first-order valence-electron chi connectivity index (χ1n) is 32.7. The van der Waals surface area contributed by atoms with Crippen LogP contribution in [0.2, 0.25) is 0 Å². The molecule has 0 amide bonds. The average Bonchev–Trinajstić information content (AvgIpc) is 1.56. The summed E-state index contributed by atoms with van der Waals surface area (Å²) in [4.78, 5) is 15.6. The number of benzene rings is 13. The number of fused-ring (bicyclic) bond motifs is 6. The molecule has 14 nitrogen and oxygen atoms in total. The van der Waals surface area contributed by atoms with Crippen molar-refractivity contribution in [3.63, 3.8) is 0 Å². The van der Waals surface area contributed by atoms with Crippen LogP contribution in [-0.4, -0.2) is 24.1 Å². The zero-order chi connectivity index (χ0) is 71.1. The molecule has 13 aromatic carbocycles. The Hall–Kier alpha value is -16.1. The van der Waals surface area contributed by atoms with E-state index >= 15 is 0 Å². The molecule has 0 N–H and O–H groups in total. The summed E-state index contributed by atoms with van der Waals surface area (Å²) in [7, 11) is 0. The third-order valence-corrected chi connectivity index (χ3v) is 18.9. The van der Waals surface area contributed by atoms with Crippen molar-refractivity contribution in [3.05, 3.63) is 317 Å². The molecule has 0 atom stereocenters. The Kier molecular flexibility index (Phi) is 15.7. The van der Waals surface area contributed by atoms with Crippen LogP contribution in [0.1, 0.15) is 50.1 Å². The van der Waals surface area contributed by atoms with Crippen molar-refractivity contribution < 1.29 is 0 Å². The molecule has 16 rings (SSSR count). The number of hydrogen-bond donors (Lipinski definition) is 0. The Morgan fingerprint density at radius 1 is 0.202 bits per heavy atom. The lowest BCUT2D eigenvalue weighted by atomic mass is 9.94. The number of nitrogens with zero attached hydrogens (tertiary/aromatic N) is 14. The summed E-state index contributed by atoms with van der Waals surface area (Å²) >= 11 is 0. The number of aromatic nitrogens is 5. The lowest BCUT2D eigenvalue weighted by molar-refractivity contribution is 1.07. The molecule has 0 aliphatic rings. The van der Waals surface area contributed by atoms with Gasteiger partial charge in [-0.15, -0.1) is 0 Å². The molecule has 104 heavy (non-hydrogen) atoms. The maximum absolute atomic E-state index is 10.6. The van der Waals surface area contributed by atoms with Gasteiger partial charge in [-0.05, 0) is 189 Å². The molecule has 14 heteroatoms. The fourth-order valence-electron chi connectivity index (χ4n) is 14.0. The van der Waals surface area contributed by atoms with Crippen molar-refractivity contribution in [2.45, 2.75) is 0 Å². The lowest BCUT2D eigenvalue weighted by Crippen LogP contribution is -2.04. The first-order chi connectivity index (χ1) is 51.1. The molecular formula is C90H44N14. The molecule has 3 heterocycles. The van der Waals surface area contributed by atoms with Crippen LogP contribution >= 0.6 is 0 Å². The molecule has 0 unspecified atom stereocenters. The molecule has 3 aromatic heterocycles. The summed E-state index contributed by atoms with van der Waals surface area (Å²) in [5, 5.41) is 95.7. The fourth-order valence-corrected chi connectivity index (χ4v) is 14.0. The van der Waals surface area contributed by atoms with E-state index < -0.39 is 0 Å². The monoisotopic (exact) mass is 1320 g/mol. The Bertz CT molecular complexity index is 6470. The third kappa shape index (κ3) is 10.9. The van der Waals surface area contributed by atoms with Gasteiger partial charge >= 0.3 is 0 Å². The topological polar surface area (TPSA) is 263 Å². The Labute approximate surface area is 595 Å². The van der Waals surface area contributed by atoms with Crippen LogP contribution in [0.25, 0.3) is 156 Å². The van der Waals surface area contributed by atoms with Gasteiger partial charge in [-0.25, -0.2) is 15.0 Å². The quantitative estimate of drug-likeness (QED) is 0.117. The highest BCUT2D eigenvalue weighted by Gasteiger charge is 2.26. The van der Waals surface area contributed by atoms with Crippen molar-refractivity contribution in [2.24, 2.45) is 0 Å². The second kappa shape index (κ2) is 26.0.